The molecule has 0 spiro atoms. The van der Waals surface area contributed by atoms with Gasteiger partial charge in [-0.25, -0.2) is 9.18 Å². The number of rotatable bonds is 4. The van der Waals surface area contributed by atoms with E-state index < -0.39 is 11.8 Å². The van der Waals surface area contributed by atoms with E-state index >= 15 is 0 Å². The fourth-order valence-electron chi connectivity index (χ4n) is 1.93. The van der Waals surface area contributed by atoms with Crippen molar-refractivity contribution >= 4 is 23.5 Å². The zero-order chi connectivity index (χ0) is 14.0. The number of amides is 1. The second kappa shape index (κ2) is 5.54. The molecule has 1 aliphatic rings. The first kappa shape index (κ1) is 13.8. The monoisotopic (exact) mass is 286 g/mol. The average Bonchev–Trinajstić information content (AvgIpc) is 2.75. The van der Waals surface area contributed by atoms with Crippen LogP contribution in [-0.2, 0) is 11.3 Å². The molecule has 1 aliphatic heterocycles. The summed E-state index contributed by atoms with van der Waals surface area (Å²) >= 11 is 5.92. The molecule has 3 N–H and O–H groups in total. The summed E-state index contributed by atoms with van der Waals surface area (Å²) in [5.74, 6) is -1.98. The molecule has 1 saturated heterocycles. The molecule has 7 heteroatoms. The Morgan fingerprint density at radius 1 is 1.58 bits per heavy atom. The third-order valence-corrected chi connectivity index (χ3v) is 3.35. The summed E-state index contributed by atoms with van der Waals surface area (Å²) in [4.78, 5) is 21.9. The summed E-state index contributed by atoms with van der Waals surface area (Å²) in [5, 5.41) is 14.6. The van der Waals surface area contributed by atoms with Gasteiger partial charge in [0.05, 0.1) is 10.6 Å². The Bertz CT molecular complexity index is 536. The molecule has 0 bridgehead atoms. The van der Waals surface area contributed by atoms with Crippen molar-refractivity contribution in [1.29, 1.82) is 0 Å². The first-order chi connectivity index (χ1) is 8.97. The molecule has 102 valence electrons. The van der Waals surface area contributed by atoms with E-state index in [1.54, 1.807) is 0 Å². The maximum absolute atomic E-state index is 13.3. The average molecular weight is 287 g/mol. The number of carboxylic acid groups (broad SMARTS) is 1. The van der Waals surface area contributed by atoms with Gasteiger partial charge in [-0.2, -0.15) is 0 Å². The smallest absolute Gasteiger partial charge is 0.337 e. The minimum absolute atomic E-state index is 0.0127. The molecule has 1 atom stereocenters. The van der Waals surface area contributed by atoms with Crippen LogP contribution in [0, 0.1) is 5.82 Å². The molecule has 1 fully saturated rings. The van der Waals surface area contributed by atoms with Crippen LogP contribution in [0.15, 0.2) is 12.1 Å². The van der Waals surface area contributed by atoms with Crippen molar-refractivity contribution < 1.29 is 19.1 Å². The normalized spacial score (nSPS) is 18.4. The Kier molecular flexibility index (Phi) is 4.01. The van der Waals surface area contributed by atoms with E-state index in [1.165, 1.54) is 6.07 Å². The third-order valence-electron chi connectivity index (χ3n) is 2.90. The molecule has 0 saturated carbocycles. The van der Waals surface area contributed by atoms with Gasteiger partial charge in [0.25, 0.3) is 0 Å². The van der Waals surface area contributed by atoms with Crippen molar-refractivity contribution in [1.82, 2.24) is 10.6 Å². The highest BCUT2D eigenvalue weighted by Gasteiger charge is 2.21. The molecule has 0 aromatic heterocycles. The van der Waals surface area contributed by atoms with E-state index in [0.29, 0.717) is 18.5 Å². The maximum atomic E-state index is 13.3. The number of halogens is 2. The molecule has 19 heavy (non-hydrogen) atoms. The highest BCUT2D eigenvalue weighted by molar-refractivity contribution is 6.34. The second-order valence-corrected chi connectivity index (χ2v) is 4.70. The van der Waals surface area contributed by atoms with Gasteiger partial charge in [-0.3, -0.25) is 4.79 Å². The molecule has 1 unspecified atom stereocenters. The van der Waals surface area contributed by atoms with Crippen LogP contribution in [0.3, 0.4) is 0 Å². The van der Waals surface area contributed by atoms with Crippen molar-refractivity contribution in [3.05, 3.63) is 34.1 Å². The van der Waals surface area contributed by atoms with Gasteiger partial charge in [-0.05, 0) is 17.7 Å². The van der Waals surface area contributed by atoms with Gasteiger partial charge in [0.15, 0.2) is 0 Å². The van der Waals surface area contributed by atoms with Crippen LogP contribution in [0.4, 0.5) is 4.39 Å². The number of carbonyl (C=O) groups excluding carboxylic acids is 1. The van der Waals surface area contributed by atoms with Crippen molar-refractivity contribution in [2.45, 2.75) is 19.0 Å². The summed E-state index contributed by atoms with van der Waals surface area (Å²) in [6.07, 6.45) is 0.346. The van der Waals surface area contributed by atoms with Crippen molar-refractivity contribution in [3.8, 4) is 0 Å². The maximum Gasteiger partial charge on any atom is 0.337 e. The van der Waals surface area contributed by atoms with Crippen LogP contribution < -0.4 is 10.6 Å². The molecule has 1 aromatic rings. The Labute approximate surface area is 113 Å². The summed E-state index contributed by atoms with van der Waals surface area (Å²) < 4.78 is 13.3. The van der Waals surface area contributed by atoms with Gasteiger partial charge in [0.1, 0.15) is 5.82 Å². The lowest BCUT2D eigenvalue weighted by Gasteiger charge is -2.12. The minimum atomic E-state index is -1.27. The topological polar surface area (TPSA) is 78.4 Å². The standard InChI is InChI=1S/C12H12ClFN2O3/c13-11-6(1-7(14)2-9(11)12(18)19)4-15-8-3-10(17)16-5-8/h1-2,8,15H,3-5H2,(H,16,17)(H,18,19). The Morgan fingerprint density at radius 3 is 2.89 bits per heavy atom. The van der Waals surface area contributed by atoms with Crippen LogP contribution in [0.1, 0.15) is 22.3 Å². The van der Waals surface area contributed by atoms with Gasteiger partial charge in [0, 0.05) is 25.6 Å². The van der Waals surface area contributed by atoms with E-state index in [9.17, 15) is 14.0 Å². The third kappa shape index (κ3) is 3.21. The molecule has 1 heterocycles. The van der Waals surface area contributed by atoms with E-state index in [2.05, 4.69) is 10.6 Å². The van der Waals surface area contributed by atoms with E-state index in [4.69, 9.17) is 16.7 Å². The molecular weight excluding hydrogens is 275 g/mol. The van der Waals surface area contributed by atoms with Gasteiger partial charge in [-0.15, -0.1) is 0 Å². The molecular formula is C12H12ClFN2O3. The van der Waals surface area contributed by atoms with Crippen LogP contribution in [-0.4, -0.2) is 29.6 Å². The molecule has 1 aromatic carbocycles. The number of carbonyl (C=O) groups is 2. The number of benzene rings is 1. The predicted octanol–water partition coefficient (Wildman–Crippen LogP) is 1.16. The van der Waals surface area contributed by atoms with Crippen LogP contribution in [0.25, 0.3) is 0 Å². The zero-order valence-electron chi connectivity index (χ0n) is 9.87. The van der Waals surface area contributed by atoms with Crippen molar-refractivity contribution in [3.63, 3.8) is 0 Å². The van der Waals surface area contributed by atoms with Crippen molar-refractivity contribution in [2.24, 2.45) is 0 Å². The minimum Gasteiger partial charge on any atom is -0.478 e. The van der Waals surface area contributed by atoms with Gasteiger partial charge >= 0.3 is 5.97 Å². The number of carboxylic acids is 1. The summed E-state index contributed by atoms with van der Waals surface area (Å²) in [6, 6.07) is 2.01. The predicted molar refractivity (Wildman–Crippen MR) is 66.6 cm³/mol. The molecule has 0 aliphatic carbocycles. The lowest BCUT2D eigenvalue weighted by atomic mass is 10.1. The summed E-state index contributed by atoms with van der Waals surface area (Å²) in [6.45, 7) is 0.702. The molecule has 2 rings (SSSR count). The second-order valence-electron chi connectivity index (χ2n) is 4.32. The largest absolute Gasteiger partial charge is 0.478 e. The highest BCUT2D eigenvalue weighted by atomic mass is 35.5. The van der Waals surface area contributed by atoms with Crippen LogP contribution >= 0.6 is 11.6 Å². The Hall–Kier alpha value is -1.66. The van der Waals surface area contributed by atoms with Crippen LogP contribution in [0.2, 0.25) is 5.02 Å². The van der Waals surface area contributed by atoms with E-state index in [-0.39, 0.29) is 29.1 Å². The molecule has 5 nitrogen and oxygen atoms in total. The quantitative estimate of drug-likeness (QED) is 0.776. The lowest BCUT2D eigenvalue weighted by Crippen LogP contribution is -2.30. The van der Waals surface area contributed by atoms with Crippen molar-refractivity contribution in [2.75, 3.05) is 6.54 Å². The number of nitrogens with one attached hydrogen (secondary N) is 2. The summed E-state index contributed by atoms with van der Waals surface area (Å²) in [7, 11) is 0. The van der Waals surface area contributed by atoms with Gasteiger partial charge < -0.3 is 15.7 Å². The van der Waals surface area contributed by atoms with Gasteiger partial charge in [0.2, 0.25) is 5.91 Å². The highest BCUT2D eigenvalue weighted by Crippen LogP contribution is 2.23. The molecule has 1 amide bonds. The Morgan fingerprint density at radius 2 is 2.32 bits per heavy atom. The lowest BCUT2D eigenvalue weighted by molar-refractivity contribution is -0.119. The SMILES string of the molecule is O=C1CC(NCc2cc(F)cc(C(=O)O)c2Cl)CN1. The first-order valence-corrected chi connectivity index (χ1v) is 6.06. The fraction of sp³-hybridized carbons (Fsp3) is 0.333. The Balaban J connectivity index is 2.11. The van der Waals surface area contributed by atoms with Crippen LogP contribution in [0.5, 0.6) is 0 Å². The first-order valence-electron chi connectivity index (χ1n) is 5.68. The molecule has 0 radical (unpaired) electrons. The number of hydrogen-bond acceptors (Lipinski definition) is 3. The fourth-order valence-corrected chi connectivity index (χ4v) is 2.19. The number of aromatic carboxylic acids is 1. The number of hydrogen-bond donors (Lipinski definition) is 3. The zero-order valence-corrected chi connectivity index (χ0v) is 10.6. The van der Waals surface area contributed by atoms with E-state index in [1.807, 2.05) is 0 Å². The summed E-state index contributed by atoms with van der Waals surface area (Å²) in [5.41, 5.74) is 0.0949. The van der Waals surface area contributed by atoms with E-state index in [0.717, 1.165) is 6.07 Å². The van der Waals surface area contributed by atoms with Gasteiger partial charge in [-0.1, -0.05) is 11.6 Å².